The number of amides is 3. The van der Waals surface area contributed by atoms with Crippen LogP contribution in [-0.4, -0.2) is 41.7 Å². The van der Waals surface area contributed by atoms with E-state index >= 15 is 0 Å². The van der Waals surface area contributed by atoms with Gasteiger partial charge in [0.2, 0.25) is 11.8 Å². The number of hydrogen-bond acceptors (Lipinski definition) is 8. The van der Waals surface area contributed by atoms with E-state index in [2.05, 4.69) is 10.3 Å². The molecule has 0 unspecified atom stereocenters. The number of anilines is 2. The van der Waals surface area contributed by atoms with Gasteiger partial charge in [0.15, 0.2) is 6.61 Å². The minimum Gasteiger partial charge on any atom is -0.497 e. The Morgan fingerprint density at radius 2 is 1.64 bits per heavy atom. The van der Waals surface area contributed by atoms with Crippen molar-refractivity contribution in [2.75, 3.05) is 23.9 Å². The largest absolute Gasteiger partial charge is 0.497 e. The van der Waals surface area contributed by atoms with Crippen LogP contribution in [-0.2, 0) is 20.6 Å². The van der Waals surface area contributed by atoms with E-state index in [4.69, 9.17) is 9.47 Å². The maximum atomic E-state index is 13.8. The molecule has 4 aromatic rings. The number of ether oxygens (including phenoxy) is 2. The van der Waals surface area contributed by atoms with Gasteiger partial charge in [0.05, 0.1) is 29.3 Å². The third-order valence-corrected chi connectivity index (χ3v) is 9.66. The number of aromatic amines is 1. The Morgan fingerprint density at radius 3 is 2.32 bits per heavy atom. The highest BCUT2D eigenvalue weighted by Gasteiger charge is 2.57. The number of thiazole rings is 1. The van der Waals surface area contributed by atoms with E-state index in [1.165, 1.54) is 19.2 Å². The molecule has 1 fully saturated rings. The Bertz CT molecular complexity index is 1800. The Balaban J connectivity index is 1.25. The molecule has 2 aliphatic heterocycles. The summed E-state index contributed by atoms with van der Waals surface area (Å²) in [6, 6.07) is 17.7. The van der Waals surface area contributed by atoms with Gasteiger partial charge in [0, 0.05) is 16.5 Å². The molecule has 1 saturated heterocycles. The van der Waals surface area contributed by atoms with Crippen molar-refractivity contribution in [1.29, 1.82) is 0 Å². The summed E-state index contributed by atoms with van der Waals surface area (Å²) in [5, 5.41) is 2.05. The summed E-state index contributed by atoms with van der Waals surface area (Å²) in [5.41, 5.74) is -0.512. The number of nitrogens with zero attached hydrogens (tertiary/aromatic N) is 1. The molecule has 3 heterocycles. The number of hydrogen-bond donors (Lipinski definition) is 2. The van der Waals surface area contributed by atoms with Crippen molar-refractivity contribution in [3.8, 4) is 11.5 Å². The van der Waals surface area contributed by atoms with Crippen molar-refractivity contribution in [3.63, 3.8) is 0 Å². The van der Waals surface area contributed by atoms with Crippen LogP contribution < -0.4 is 24.6 Å². The van der Waals surface area contributed by atoms with Crippen LogP contribution in [0.1, 0.15) is 21.9 Å². The smallest absolute Gasteiger partial charge is 0.418 e. The zero-order chi connectivity index (χ0) is 31.2. The quantitative estimate of drug-likeness (QED) is 0.264. The van der Waals surface area contributed by atoms with Gasteiger partial charge < -0.3 is 19.8 Å². The summed E-state index contributed by atoms with van der Waals surface area (Å²) in [5.74, 6) is -2.83. The van der Waals surface area contributed by atoms with E-state index in [-0.39, 0.29) is 11.5 Å². The van der Waals surface area contributed by atoms with E-state index in [1.54, 1.807) is 48.5 Å². The predicted molar refractivity (Wildman–Crippen MR) is 157 cm³/mol. The predicted octanol–water partition coefficient (Wildman–Crippen LogP) is 5.28. The number of carbonyl (C=O) groups excluding carboxylic acids is 3. The third kappa shape index (κ3) is 5.46. The average molecular weight is 642 g/mol. The Labute approximate surface area is 256 Å². The van der Waals surface area contributed by atoms with Crippen LogP contribution in [0.15, 0.2) is 82.6 Å². The average Bonchev–Trinajstić information content (AvgIpc) is 3.50. The van der Waals surface area contributed by atoms with Gasteiger partial charge in [-0.2, -0.15) is 13.2 Å². The number of imide groups is 1. The van der Waals surface area contributed by atoms with E-state index in [1.807, 2.05) is 0 Å². The van der Waals surface area contributed by atoms with Crippen molar-refractivity contribution in [2.45, 2.75) is 22.4 Å². The van der Waals surface area contributed by atoms with E-state index in [9.17, 15) is 32.3 Å². The number of aromatic nitrogens is 1. The molecule has 1 aromatic heterocycles. The first-order chi connectivity index (χ1) is 21.0. The van der Waals surface area contributed by atoms with Crippen LogP contribution in [0.5, 0.6) is 11.5 Å². The summed E-state index contributed by atoms with van der Waals surface area (Å²) in [7, 11) is 1.54. The van der Waals surface area contributed by atoms with Crippen LogP contribution in [0.25, 0.3) is 0 Å². The summed E-state index contributed by atoms with van der Waals surface area (Å²) in [6.45, 7) is -0.291. The molecule has 44 heavy (non-hydrogen) atoms. The fraction of sp³-hybridized carbons (Fsp3) is 0.200. The van der Waals surface area contributed by atoms with Gasteiger partial charge in [-0.15, -0.1) is 0 Å². The van der Waals surface area contributed by atoms with E-state index in [0.717, 1.165) is 35.2 Å². The molecule has 0 bridgehead atoms. The number of alkyl halides is 3. The van der Waals surface area contributed by atoms with Crippen LogP contribution >= 0.6 is 23.1 Å². The zero-order valence-electron chi connectivity index (χ0n) is 22.7. The zero-order valence-corrected chi connectivity index (χ0v) is 24.3. The Morgan fingerprint density at radius 1 is 0.955 bits per heavy atom. The normalized spacial score (nSPS) is 19.4. The molecule has 2 aliphatic rings. The number of fused-ring (bicyclic) bond motifs is 2. The molecule has 14 heteroatoms. The lowest BCUT2D eigenvalue weighted by atomic mass is 9.83. The summed E-state index contributed by atoms with van der Waals surface area (Å²) in [4.78, 5) is 55.5. The maximum Gasteiger partial charge on any atom is 0.418 e. The molecule has 0 spiro atoms. The fourth-order valence-electron chi connectivity index (χ4n) is 5.31. The lowest BCUT2D eigenvalue weighted by Crippen LogP contribution is -2.33. The Kier molecular flexibility index (Phi) is 7.72. The van der Waals surface area contributed by atoms with Crippen molar-refractivity contribution < 1.29 is 37.0 Å². The first kappa shape index (κ1) is 29.5. The molecule has 3 atom stereocenters. The van der Waals surface area contributed by atoms with Crippen LogP contribution in [0.3, 0.4) is 0 Å². The number of H-pyrrole nitrogens is 1. The summed E-state index contributed by atoms with van der Waals surface area (Å²) < 4.78 is 52.2. The monoisotopic (exact) mass is 641 g/mol. The van der Waals surface area contributed by atoms with Gasteiger partial charge in [-0.25, -0.2) is 4.90 Å². The van der Waals surface area contributed by atoms with Gasteiger partial charge in [0.25, 0.3) is 5.91 Å². The van der Waals surface area contributed by atoms with Crippen LogP contribution in [0.2, 0.25) is 0 Å². The number of para-hydroxylation sites is 1. The number of methoxy groups -OCH3 is 1. The molecule has 3 amide bonds. The van der Waals surface area contributed by atoms with Gasteiger partial charge in [0.1, 0.15) is 16.7 Å². The molecule has 226 valence electrons. The molecule has 3 aromatic carbocycles. The van der Waals surface area contributed by atoms with Crippen molar-refractivity contribution in [3.05, 3.63) is 98.5 Å². The standard InChI is InChI=1S/C30H22F3N3O6S2/c1-41-17-12-8-16(9-13-17)34-21(37)14-42-18-10-6-15(7-11-18)22-23-25(43-26-24(22)44-29(40)35-26)28(39)36(27(23)38)20-5-3-2-4-19(20)30(31,32)33/h2-13,22-23,25H,14H2,1H3,(H,34,37)(H,35,40)/t22-,23-,25+/m0/s1. The second-order valence-electron chi connectivity index (χ2n) is 9.91. The molecule has 0 aliphatic carbocycles. The summed E-state index contributed by atoms with van der Waals surface area (Å²) >= 11 is 1.86. The van der Waals surface area contributed by atoms with Gasteiger partial charge in [-0.1, -0.05) is 47.4 Å². The minimum atomic E-state index is -4.79. The lowest BCUT2D eigenvalue weighted by molar-refractivity contribution is -0.137. The molecule has 9 nitrogen and oxygen atoms in total. The number of nitrogens with one attached hydrogen (secondary N) is 2. The molecule has 2 N–H and O–H groups in total. The van der Waals surface area contributed by atoms with Gasteiger partial charge >= 0.3 is 11.0 Å². The highest BCUT2D eigenvalue weighted by Crippen LogP contribution is 2.54. The Hall–Kier alpha value is -4.56. The topological polar surface area (TPSA) is 118 Å². The van der Waals surface area contributed by atoms with Crippen LogP contribution in [0, 0.1) is 5.92 Å². The molecular formula is C30H22F3N3O6S2. The SMILES string of the molecule is COc1ccc(NC(=O)COc2ccc([C@@H]3c4sc(=O)[nH]c4S[C@H]4C(=O)N(c5ccccc5C(F)(F)F)C(=O)[C@@H]34)cc2)cc1. The first-order valence-electron chi connectivity index (χ1n) is 13.2. The van der Waals surface area contributed by atoms with E-state index in [0.29, 0.717) is 37.6 Å². The number of benzene rings is 3. The number of thioether (sulfide) groups is 1. The highest BCUT2D eigenvalue weighted by atomic mass is 32.2. The van der Waals surface area contributed by atoms with Crippen molar-refractivity contribution in [1.82, 2.24) is 4.98 Å². The van der Waals surface area contributed by atoms with Crippen LogP contribution in [0.4, 0.5) is 24.5 Å². The molecule has 6 rings (SSSR count). The number of halogens is 3. The molecule has 0 saturated carbocycles. The lowest BCUT2D eigenvalue weighted by Gasteiger charge is -2.29. The number of rotatable bonds is 7. The highest BCUT2D eigenvalue weighted by molar-refractivity contribution is 8.00. The molecular weight excluding hydrogens is 619 g/mol. The second kappa shape index (κ2) is 11.5. The van der Waals surface area contributed by atoms with Gasteiger partial charge in [-0.3, -0.25) is 19.2 Å². The number of carbonyl (C=O) groups is 3. The second-order valence-corrected chi connectivity index (χ2v) is 12.1. The molecule has 0 radical (unpaired) electrons. The van der Waals surface area contributed by atoms with Gasteiger partial charge in [-0.05, 0) is 54.1 Å². The fourth-order valence-corrected chi connectivity index (χ4v) is 7.83. The minimum absolute atomic E-state index is 0.291. The van der Waals surface area contributed by atoms with E-state index < -0.39 is 52.2 Å². The first-order valence-corrected chi connectivity index (χ1v) is 14.8. The van der Waals surface area contributed by atoms with Crippen molar-refractivity contribution >= 4 is 52.2 Å². The summed E-state index contributed by atoms with van der Waals surface area (Å²) in [6.07, 6.45) is -4.79. The third-order valence-electron chi connectivity index (χ3n) is 7.26. The maximum absolute atomic E-state index is 13.8. The van der Waals surface area contributed by atoms with Crippen molar-refractivity contribution in [2.24, 2.45) is 5.92 Å².